The van der Waals surface area contributed by atoms with E-state index in [1.54, 1.807) is 0 Å². The van der Waals surface area contributed by atoms with Crippen molar-refractivity contribution in [2.45, 2.75) is 25.5 Å². The number of rotatable bonds is 3. The van der Waals surface area contributed by atoms with Crippen LogP contribution in [0.2, 0.25) is 0 Å². The van der Waals surface area contributed by atoms with Crippen LogP contribution in [0.25, 0.3) is 10.9 Å². The molecule has 4 heteroatoms. The maximum Gasteiger partial charge on any atom is 0.129 e. The van der Waals surface area contributed by atoms with Crippen molar-refractivity contribution in [3.8, 4) is 0 Å². The van der Waals surface area contributed by atoms with Gasteiger partial charge in [-0.3, -0.25) is 0 Å². The molecule has 0 saturated carbocycles. The molecule has 0 bridgehead atoms. The van der Waals surface area contributed by atoms with Crippen molar-refractivity contribution in [1.29, 1.82) is 0 Å². The highest BCUT2D eigenvalue weighted by Crippen LogP contribution is 2.28. The van der Waals surface area contributed by atoms with Gasteiger partial charge >= 0.3 is 0 Å². The maximum atomic E-state index is 9.53. The average Bonchev–Trinajstić information content (AvgIpc) is 2.94. The van der Waals surface area contributed by atoms with E-state index in [9.17, 15) is 10.2 Å². The molecule has 1 unspecified atom stereocenters. The number of aromatic nitrogens is 1. The summed E-state index contributed by atoms with van der Waals surface area (Å²) in [7, 11) is 0. The first kappa shape index (κ1) is 12.4. The molecule has 1 aromatic carbocycles. The van der Waals surface area contributed by atoms with Gasteiger partial charge in [-0.25, -0.2) is 4.98 Å². The number of pyridine rings is 1. The fourth-order valence-electron chi connectivity index (χ4n) is 2.84. The average molecular weight is 258 g/mol. The SMILES string of the molecule is OCc1cc(N2CCCC2CO)nc2ccccc12. The molecule has 2 aromatic rings. The van der Waals surface area contributed by atoms with E-state index in [1.165, 1.54) is 0 Å². The second-order valence-corrected chi connectivity index (χ2v) is 4.99. The van der Waals surface area contributed by atoms with Gasteiger partial charge in [0.05, 0.1) is 24.8 Å². The van der Waals surface area contributed by atoms with Crippen LogP contribution in [-0.4, -0.2) is 34.4 Å². The van der Waals surface area contributed by atoms with E-state index in [4.69, 9.17) is 0 Å². The van der Waals surface area contributed by atoms with Gasteiger partial charge in [0.1, 0.15) is 5.82 Å². The molecule has 0 aliphatic carbocycles. The Bertz CT molecular complexity index is 585. The van der Waals surface area contributed by atoms with E-state index in [0.29, 0.717) is 0 Å². The van der Waals surface area contributed by atoms with Crippen molar-refractivity contribution < 1.29 is 10.2 Å². The lowest BCUT2D eigenvalue weighted by molar-refractivity contribution is 0.266. The van der Waals surface area contributed by atoms with Crippen molar-refractivity contribution >= 4 is 16.7 Å². The Morgan fingerprint density at radius 1 is 1.26 bits per heavy atom. The number of para-hydroxylation sites is 1. The van der Waals surface area contributed by atoms with Gasteiger partial charge < -0.3 is 15.1 Å². The van der Waals surface area contributed by atoms with E-state index in [1.807, 2.05) is 30.3 Å². The topological polar surface area (TPSA) is 56.6 Å². The van der Waals surface area contributed by atoms with Gasteiger partial charge in [0.25, 0.3) is 0 Å². The Labute approximate surface area is 112 Å². The molecule has 0 amide bonds. The largest absolute Gasteiger partial charge is 0.394 e. The predicted octanol–water partition coefficient (Wildman–Crippen LogP) is 1.69. The van der Waals surface area contributed by atoms with Gasteiger partial charge in [0.15, 0.2) is 0 Å². The van der Waals surface area contributed by atoms with Crippen molar-refractivity contribution in [1.82, 2.24) is 4.98 Å². The number of aliphatic hydroxyl groups is 2. The molecule has 100 valence electrons. The third kappa shape index (κ3) is 2.17. The minimum atomic E-state index is 0.00760. The molecule has 1 saturated heterocycles. The van der Waals surface area contributed by atoms with Gasteiger partial charge in [0, 0.05) is 11.9 Å². The molecule has 2 N–H and O–H groups in total. The molecule has 1 aliphatic rings. The molecular formula is C15H18N2O2. The monoisotopic (exact) mass is 258 g/mol. The molecule has 19 heavy (non-hydrogen) atoms. The maximum absolute atomic E-state index is 9.53. The molecule has 0 radical (unpaired) electrons. The molecule has 2 heterocycles. The van der Waals surface area contributed by atoms with Crippen LogP contribution in [-0.2, 0) is 6.61 Å². The molecule has 3 rings (SSSR count). The van der Waals surface area contributed by atoms with Crippen LogP contribution in [0.15, 0.2) is 30.3 Å². The van der Waals surface area contributed by atoms with E-state index < -0.39 is 0 Å². The zero-order valence-corrected chi connectivity index (χ0v) is 10.8. The summed E-state index contributed by atoms with van der Waals surface area (Å²) in [6.45, 7) is 1.08. The van der Waals surface area contributed by atoms with Crippen LogP contribution in [0.4, 0.5) is 5.82 Å². The lowest BCUT2D eigenvalue weighted by atomic mass is 10.1. The third-order valence-electron chi connectivity index (χ3n) is 3.84. The highest BCUT2D eigenvalue weighted by molar-refractivity contribution is 5.84. The summed E-state index contributed by atoms with van der Waals surface area (Å²) in [4.78, 5) is 6.81. The number of benzene rings is 1. The standard InChI is InChI=1S/C15H18N2O2/c18-9-11-8-15(17-7-3-4-12(17)10-19)16-14-6-2-1-5-13(11)14/h1-2,5-6,8,12,18-19H,3-4,7,9-10H2. The lowest BCUT2D eigenvalue weighted by Gasteiger charge is -2.25. The first-order chi connectivity index (χ1) is 9.33. The smallest absolute Gasteiger partial charge is 0.129 e. The van der Waals surface area contributed by atoms with Gasteiger partial charge in [-0.05, 0) is 30.5 Å². The fraction of sp³-hybridized carbons (Fsp3) is 0.400. The second kappa shape index (κ2) is 5.15. The van der Waals surface area contributed by atoms with Crippen LogP contribution < -0.4 is 4.90 Å². The van der Waals surface area contributed by atoms with Crippen LogP contribution in [0, 0.1) is 0 Å². The molecule has 4 nitrogen and oxygen atoms in total. The van der Waals surface area contributed by atoms with Crippen molar-refractivity contribution in [2.75, 3.05) is 18.1 Å². The number of hydrogen-bond acceptors (Lipinski definition) is 4. The summed E-state index contributed by atoms with van der Waals surface area (Å²) in [5.74, 6) is 0.860. The number of aliphatic hydroxyl groups excluding tert-OH is 2. The summed E-state index contributed by atoms with van der Waals surface area (Å²) in [5, 5.41) is 19.9. The fourth-order valence-corrected chi connectivity index (χ4v) is 2.84. The molecule has 1 aromatic heterocycles. The molecular weight excluding hydrogens is 240 g/mol. The minimum Gasteiger partial charge on any atom is -0.394 e. The second-order valence-electron chi connectivity index (χ2n) is 4.99. The Morgan fingerprint density at radius 2 is 2.11 bits per heavy atom. The van der Waals surface area contributed by atoms with E-state index >= 15 is 0 Å². The third-order valence-corrected chi connectivity index (χ3v) is 3.84. The summed E-state index contributed by atoms with van der Waals surface area (Å²) in [6, 6.07) is 9.94. The van der Waals surface area contributed by atoms with Crippen molar-refractivity contribution in [2.24, 2.45) is 0 Å². The van der Waals surface area contributed by atoms with E-state index in [2.05, 4.69) is 9.88 Å². The van der Waals surface area contributed by atoms with Crippen molar-refractivity contribution in [3.63, 3.8) is 0 Å². The zero-order chi connectivity index (χ0) is 13.2. The molecule has 1 aliphatic heterocycles. The quantitative estimate of drug-likeness (QED) is 0.879. The summed E-state index contributed by atoms with van der Waals surface area (Å²) >= 11 is 0. The van der Waals surface area contributed by atoms with Crippen LogP contribution in [0.1, 0.15) is 18.4 Å². The number of hydrogen-bond donors (Lipinski definition) is 2. The van der Waals surface area contributed by atoms with Gasteiger partial charge in [-0.2, -0.15) is 0 Å². The van der Waals surface area contributed by atoms with E-state index in [0.717, 1.165) is 41.7 Å². The lowest BCUT2D eigenvalue weighted by Crippen LogP contribution is -2.32. The van der Waals surface area contributed by atoms with Gasteiger partial charge in [-0.1, -0.05) is 18.2 Å². The summed E-state index contributed by atoms with van der Waals surface area (Å²) < 4.78 is 0. The highest BCUT2D eigenvalue weighted by Gasteiger charge is 2.25. The van der Waals surface area contributed by atoms with Gasteiger partial charge in [-0.15, -0.1) is 0 Å². The Hall–Kier alpha value is -1.65. The highest BCUT2D eigenvalue weighted by atomic mass is 16.3. The van der Waals surface area contributed by atoms with Crippen LogP contribution in [0.5, 0.6) is 0 Å². The van der Waals surface area contributed by atoms with Crippen LogP contribution >= 0.6 is 0 Å². The normalized spacial score (nSPS) is 19.3. The zero-order valence-electron chi connectivity index (χ0n) is 10.8. The Kier molecular flexibility index (Phi) is 3.36. The minimum absolute atomic E-state index is 0.00760. The summed E-state index contributed by atoms with van der Waals surface area (Å²) in [5.41, 5.74) is 1.79. The number of anilines is 1. The molecule has 0 spiro atoms. The predicted molar refractivity (Wildman–Crippen MR) is 75.1 cm³/mol. The Balaban J connectivity index is 2.09. The first-order valence-corrected chi connectivity index (χ1v) is 6.70. The summed E-state index contributed by atoms with van der Waals surface area (Å²) in [6.07, 6.45) is 2.08. The first-order valence-electron chi connectivity index (χ1n) is 6.70. The van der Waals surface area contributed by atoms with Gasteiger partial charge in [0.2, 0.25) is 0 Å². The molecule has 1 fully saturated rings. The number of nitrogens with zero attached hydrogens (tertiary/aromatic N) is 2. The number of fused-ring (bicyclic) bond motifs is 1. The molecule has 1 atom stereocenters. The van der Waals surface area contributed by atoms with Crippen molar-refractivity contribution in [3.05, 3.63) is 35.9 Å². The Morgan fingerprint density at radius 3 is 2.89 bits per heavy atom. The van der Waals surface area contributed by atoms with E-state index in [-0.39, 0.29) is 19.3 Å². The van der Waals surface area contributed by atoms with Crippen LogP contribution in [0.3, 0.4) is 0 Å².